The van der Waals surface area contributed by atoms with E-state index in [9.17, 15) is 29.5 Å². The molecule has 31 heavy (non-hydrogen) atoms. The molecule has 0 aromatic heterocycles. The van der Waals surface area contributed by atoms with Crippen LogP contribution in [0.4, 0.5) is 10.1 Å². The van der Waals surface area contributed by atoms with Crippen molar-refractivity contribution in [2.45, 2.75) is 45.3 Å². The fourth-order valence-electron chi connectivity index (χ4n) is 3.76. The van der Waals surface area contributed by atoms with E-state index in [1.165, 1.54) is 17.0 Å². The van der Waals surface area contributed by atoms with Gasteiger partial charge in [0.2, 0.25) is 0 Å². The molecule has 1 aliphatic heterocycles. The van der Waals surface area contributed by atoms with Crippen molar-refractivity contribution in [2.24, 2.45) is 5.92 Å². The van der Waals surface area contributed by atoms with Crippen molar-refractivity contribution < 1.29 is 24.2 Å². The van der Waals surface area contributed by atoms with Crippen LogP contribution in [0.2, 0.25) is 0 Å². The fraction of sp³-hybridized carbons (Fsp3) is 0.591. The zero-order chi connectivity index (χ0) is 23.0. The van der Waals surface area contributed by atoms with Crippen LogP contribution in [0.15, 0.2) is 18.2 Å². The van der Waals surface area contributed by atoms with Crippen molar-refractivity contribution in [3.8, 4) is 6.07 Å². The van der Waals surface area contributed by atoms with E-state index in [-0.39, 0.29) is 11.5 Å². The SMILES string of the molecule is CCCN(CC)C(=O)C(O)C(O)C(=O)NCC1CCN(c2ccc(F)cc2C#N)CC1. The summed E-state index contributed by atoms with van der Waals surface area (Å²) in [5.41, 5.74) is 0.980. The second kappa shape index (κ2) is 11.6. The van der Waals surface area contributed by atoms with E-state index in [0.717, 1.165) is 12.8 Å². The van der Waals surface area contributed by atoms with Crippen LogP contribution in [0, 0.1) is 23.1 Å². The molecule has 0 bridgehead atoms. The van der Waals surface area contributed by atoms with Gasteiger partial charge in [0, 0.05) is 32.7 Å². The number of piperidine rings is 1. The van der Waals surface area contributed by atoms with Crippen LogP contribution in [0.25, 0.3) is 0 Å². The summed E-state index contributed by atoms with van der Waals surface area (Å²) >= 11 is 0. The van der Waals surface area contributed by atoms with Crippen LogP contribution in [0.5, 0.6) is 0 Å². The minimum atomic E-state index is -1.82. The minimum absolute atomic E-state index is 0.151. The van der Waals surface area contributed by atoms with Gasteiger partial charge in [-0.2, -0.15) is 5.26 Å². The fourth-order valence-corrected chi connectivity index (χ4v) is 3.76. The predicted octanol–water partition coefficient (Wildman–Crippen LogP) is 1.01. The number of hydrogen-bond acceptors (Lipinski definition) is 6. The van der Waals surface area contributed by atoms with Crippen LogP contribution in [-0.4, -0.2) is 71.9 Å². The van der Waals surface area contributed by atoms with Gasteiger partial charge in [-0.15, -0.1) is 0 Å². The van der Waals surface area contributed by atoms with Gasteiger partial charge in [0.25, 0.3) is 11.8 Å². The Bertz CT molecular complexity index is 805. The summed E-state index contributed by atoms with van der Waals surface area (Å²) in [5.74, 6) is -1.73. The molecule has 1 saturated heterocycles. The molecule has 2 rings (SSSR count). The highest BCUT2D eigenvalue weighted by Crippen LogP contribution is 2.26. The summed E-state index contributed by atoms with van der Waals surface area (Å²) < 4.78 is 13.3. The molecule has 0 saturated carbocycles. The normalized spacial score (nSPS) is 16.3. The molecular formula is C22H31FN4O4. The third kappa shape index (κ3) is 6.39. The lowest BCUT2D eigenvalue weighted by Crippen LogP contribution is -2.51. The first kappa shape index (κ1) is 24.6. The average Bonchev–Trinajstić information content (AvgIpc) is 2.79. The van der Waals surface area contributed by atoms with Gasteiger partial charge in [-0.3, -0.25) is 9.59 Å². The smallest absolute Gasteiger partial charge is 0.254 e. The Morgan fingerprint density at radius 2 is 1.97 bits per heavy atom. The summed E-state index contributed by atoms with van der Waals surface area (Å²) in [6.07, 6.45) is -1.44. The molecule has 1 aromatic rings. The molecular weight excluding hydrogens is 403 g/mol. The van der Waals surface area contributed by atoms with Crippen LogP contribution in [-0.2, 0) is 9.59 Å². The minimum Gasteiger partial charge on any atom is -0.380 e. The Hall–Kier alpha value is -2.70. The molecule has 2 amide bonds. The van der Waals surface area contributed by atoms with Crippen LogP contribution < -0.4 is 10.2 Å². The predicted molar refractivity (Wildman–Crippen MR) is 114 cm³/mol. The van der Waals surface area contributed by atoms with Gasteiger partial charge in [0.1, 0.15) is 11.9 Å². The maximum atomic E-state index is 13.3. The van der Waals surface area contributed by atoms with E-state index in [4.69, 9.17) is 0 Å². The topological polar surface area (TPSA) is 117 Å². The summed E-state index contributed by atoms with van der Waals surface area (Å²) in [4.78, 5) is 27.9. The number of amides is 2. The van der Waals surface area contributed by atoms with Gasteiger partial charge in [0.15, 0.2) is 12.2 Å². The number of nitrogens with one attached hydrogen (secondary N) is 1. The second-order valence-corrected chi connectivity index (χ2v) is 7.76. The second-order valence-electron chi connectivity index (χ2n) is 7.76. The van der Waals surface area contributed by atoms with Gasteiger partial charge in [0.05, 0.1) is 11.3 Å². The highest BCUT2D eigenvalue weighted by atomic mass is 19.1. The number of rotatable bonds is 9. The Morgan fingerprint density at radius 1 is 1.29 bits per heavy atom. The van der Waals surface area contributed by atoms with Gasteiger partial charge in [-0.05, 0) is 50.3 Å². The largest absolute Gasteiger partial charge is 0.380 e. The van der Waals surface area contributed by atoms with E-state index >= 15 is 0 Å². The first-order valence-corrected chi connectivity index (χ1v) is 10.7. The van der Waals surface area contributed by atoms with Gasteiger partial charge >= 0.3 is 0 Å². The molecule has 8 nitrogen and oxygen atoms in total. The highest BCUT2D eigenvalue weighted by molar-refractivity contribution is 5.90. The lowest BCUT2D eigenvalue weighted by atomic mass is 9.95. The summed E-state index contributed by atoms with van der Waals surface area (Å²) in [7, 11) is 0. The Kier molecular flexibility index (Phi) is 9.21. The van der Waals surface area contributed by atoms with E-state index < -0.39 is 29.8 Å². The molecule has 3 N–H and O–H groups in total. The van der Waals surface area contributed by atoms with Crippen LogP contribution in [0.1, 0.15) is 38.7 Å². The average molecular weight is 435 g/mol. The first-order chi connectivity index (χ1) is 14.8. The zero-order valence-corrected chi connectivity index (χ0v) is 18.1. The number of aliphatic hydroxyl groups excluding tert-OH is 2. The molecule has 0 aliphatic carbocycles. The molecule has 170 valence electrons. The van der Waals surface area contributed by atoms with Crippen molar-refractivity contribution >= 4 is 17.5 Å². The number of carbonyl (C=O) groups is 2. The number of hydrogen-bond donors (Lipinski definition) is 3. The van der Waals surface area contributed by atoms with Crippen molar-refractivity contribution in [3.05, 3.63) is 29.6 Å². The number of aliphatic hydroxyl groups is 2. The van der Waals surface area contributed by atoms with Crippen molar-refractivity contribution in [2.75, 3.05) is 37.6 Å². The summed E-state index contributed by atoms with van der Waals surface area (Å²) in [6, 6.07) is 6.16. The molecule has 1 aliphatic rings. The maximum Gasteiger partial charge on any atom is 0.254 e. The quantitative estimate of drug-likeness (QED) is 0.534. The van der Waals surface area contributed by atoms with E-state index in [1.807, 2.05) is 17.9 Å². The Morgan fingerprint density at radius 3 is 2.55 bits per heavy atom. The molecule has 0 spiro atoms. The number of benzene rings is 1. The standard InChI is InChI=1S/C22H31FN4O4/c1-3-9-26(4-2)22(31)20(29)19(28)21(30)25-14-15-7-10-27(11-8-15)18-6-5-17(23)12-16(18)13-24/h5-6,12,15,19-20,28-29H,3-4,7-11,14H2,1-2H3,(H,25,30). The number of halogens is 1. The number of nitriles is 1. The van der Waals surface area contributed by atoms with Crippen molar-refractivity contribution in [1.82, 2.24) is 10.2 Å². The number of carbonyl (C=O) groups excluding carboxylic acids is 2. The Labute approximate surface area is 182 Å². The maximum absolute atomic E-state index is 13.3. The molecule has 1 fully saturated rings. The molecule has 9 heteroatoms. The molecule has 1 aromatic carbocycles. The highest BCUT2D eigenvalue weighted by Gasteiger charge is 2.33. The lowest BCUT2D eigenvalue weighted by Gasteiger charge is -2.34. The zero-order valence-electron chi connectivity index (χ0n) is 18.1. The number of nitrogens with zero attached hydrogens (tertiary/aromatic N) is 3. The van der Waals surface area contributed by atoms with Crippen molar-refractivity contribution in [1.29, 1.82) is 5.26 Å². The monoisotopic (exact) mass is 434 g/mol. The van der Waals surface area contributed by atoms with E-state index in [1.54, 1.807) is 13.0 Å². The third-order valence-corrected chi connectivity index (χ3v) is 5.61. The molecule has 0 radical (unpaired) electrons. The summed E-state index contributed by atoms with van der Waals surface area (Å²) in [5, 5.41) is 32.0. The van der Waals surface area contributed by atoms with Gasteiger partial charge in [-0.25, -0.2) is 4.39 Å². The van der Waals surface area contributed by atoms with Crippen molar-refractivity contribution in [3.63, 3.8) is 0 Å². The molecule has 2 unspecified atom stereocenters. The molecule has 1 heterocycles. The van der Waals surface area contributed by atoms with Gasteiger partial charge in [-0.1, -0.05) is 6.92 Å². The lowest BCUT2D eigenvalue weighted by molar-refractivity contribution is -0.153. The Balaban J connectivity index is 1.83. The molecule has 2 atom stereocenters. The summed E-state index contributed by atoms with van der Waals surface area (Å²) in [6.45, 7) is 6.10. The number of anilines is 1. The first-order valence-electron chi connectivity index (χ1n) is 10.7. The van der Waals surface area contributed by atoms with Gasteiger partial charge < -0.3 is 25.3 Å². The van der Waals surface area contributed by atoms with Crippen LogP contribution in [0.3, 0.4) is 0 Å². The van der Waals surface area contributed by atoms with E-state index in [2.05, 4.69) is 5.32 Å². The number of likely N-dealkylation sites (N-methyl/N-ethyl adjacent to an activating group) is 1. The van der Waals surface area contributed by atoms with Crippen LogP contribution >= 0.6 is 0 Å². The third-order valence-electron chi connectivity index (χ3n) is 5.61. The van der Waals surface area contributed by atoms with E-state index in [0.29, 0.717) is 44.8 Å².